The number of alkyl halides is 3. The Morgan fingerprint density at radius 1 is 1.03 bits per heavy atom. The summed E-state index contributed by atoms with van der Waals surface area (Å²) in [6.07, 6.45) is -6.37. The highest BCUT2D eigenvalue weighted by molar-refractivity contribution is 6.74. The van der Waals surface area contributed by atoms with Gasteiger partial charge in [0.2, 0.25) is 0 Å². The monoisotopic (exact) mass is 491 g/mol. The third-order valence-electron chi connectivity index (χ3n) is 5.53. The quantitative estimate of drug-likeness (QED) is 0.404. The molecule has 2 N–H and O–H groups in total. The van der Waals surface area contributed by atoms with Gasteiger partial charge in [0.15, 0.2) is 8.32 Å². The van der Waals surface area contributed by atoms with E-state index >= 15 is 0 Å². The number of hydrogen-bond acceptors (Lipinski definition) is 4. The van der Waals surface area contributed by atoms with Gasteiger partial charge < -0.3 is 19.6 Å². The lowest BCUT2D eigenvalue weighted by atomic mass is 9.97. The van der Waals surface area contributed by atoms with Crippen LogP contribution >= 0.6 is 0 Å². The summed E-state index contributed by atoms with van der Waals surface area (Å²) in [6.45, 7) is 15.1. The van der Waals surface area contributed by atoms with Gasteiger partial charge in [-0.3, -0.25) is 4.79 Å². The van der Waals surface area contributed by atoms with Crippen LogP contribution in [0.5, 0.6) is 0 Å². The summed E-state index contributed by atoms with van der Waals surface area (Å²) >= 11 is 0. The fourth-order valence-corrected chi connectivity index (χ4v) is 4.06. The van der Waals surface area contributed by atoms with Gasteiger partial charge in [0, 0.05) is 6.42 Å². The van der Waals surface area contributed by atoms with Crippen molar-refractivity contribution in [3.05, 3.63) is 35.4 Å². The molecular formula is C23H36F3NO5Si. The maximum absolute atomic E-state index is 13.1. The number of aliphatic carboxylic acids is 1. The maximum atomic E-state index is 13.1. The molecule has 1 amide bonds. The molecular weight excluding hydrogens is 455 g/mol. The molecule has 0 aromatic heterocycles. The van der Waals surface area contributed by atoms with Crippen LogP contribution in [0.4, 0.5) is 18.0 Å². The van der Waals surface area contributed by atoms with Crippen LogP contribution in [0.15, 0.2) is 24.3 Å². The van der Waals surface area contributed by atoms with E-state index in [1.165, 1.54) is 12.1 Å². The summed E-state index contributed by atoms with van der Waals surface area (Å²) in [6, 6.07) is 3.70. The number of halogens is 3. The zero-order valence-electron chi connectivity index (χ0n) is 20.6. The van der Waals surface area contributed by atoms with Crippen LogP contribution in [0.2, 0.25) is 18.1 Å². The fraction of sp³-hybridized carbons (Fsp3) is 0.652. The summed E-state index contributed by atoms with van der Waals surface area (Å²) in [4.78, 5) is 23.8. The first-order chi connectivity index (χ1) is 14.7. The van der Waals surface area contributed by atoms with Gasteiger partial charge in [-0.05, 0) is 63.0 Å². The Balaban J connectivity index is 3.44. The van der Waals surface area contributed by atoms with Gasteiger partial charge in [-0.1, -0.05) is 32.9 Å². The van der Waals surface area contributed by atoms with Crippen molar-refractivity contribution in [1.29, 1.82) is 0 Å². The standard InChI is InChI=1S/C23H36F3NO5Si/c1-21(2,3)31-20(30)27-17(13-14-18(28)29)19(32-33(7,8)22(4,5)6)15-9-11-16(12-10-15)23(24,25)26/h9-12,17,19H,13-14H2,1-8H3,(H,27,30)(H,28,29)/t17-,19+/m1/s1. The number of carboxylic acids is 1. The molecule has 0 heterocycles. The van der Waals surface area contributed by atoms with E-state index in [0.29, 0.717) is 5.56 Å². The van der Waals surface area contributed by atoms with Crippen LogP contribution in [0.3, 0.4) is 0 Å². The third-order valence-corrected chi connectivity index (χ3v) is 9.99. The van der Waals surface area contributed by atoms with Gasteiger partial charge in [0.1, 0.15) is 5.60 Å². The van der Waals surface area contributed by atoms with Crippen molar-refractivity contribution < 1.29 is 37.0 Å². The van der Waals surface area contributed by atoms with Gasteiger partial charge in [-0.2, -0.15) is 13.2 Å². The number of alkyl carbamates (subject to hydrolysis) is 1. The predicted molar refractivity (Wildman–Crippen MR) is 122 cm³/mol. The Morgan fingerprint density at radius 3 is 1.94 bits per heavy atom. The van der Waals surface area contributed by atoms with E-state index in [0.717, 1.165) is 12.1 Å². The largest absolute Gasteiger partial charge is 0.481 e. The smallest absolute Gasteiger partial charge is 0.416 e. The summed E-state index contributed by atoms with van der Waals surface area (Å²) in [7, 11) is -2.48. The Morgan fingerprint density at radius 2 is 1.55 bits per heavy atom. The molecule has 0 saturated heterocycles. The highest BCUT2D eigenvalue weighted by atomic mass is 28.4. The van der Waals surface area contributed by atoms with E-state index in [2.05, 4.69) is 5.32 Å². The minimum Gasteiger partial charge on any atom is -0.481 e. The number of amides is 1. The van der Waals surface area contributed by atoms with Crippen molar-refractivity contribution in [2.75, 3.05) is 0 Å². The van der Waals surface area contributed by atoms with E-state index in [-0.39, 0.29) is 17.9 Å². The molecule has 0 unspecified atom stereocenters. The zero-order valence-corrected chi connectivity index (χ0v) is 21.6. The Hall–Kier alpha value is -2.07. The predicted octanol–water partition coefficient (Wildman–Crippen LogP) is 6.53. The second-order valence-corrected chi connectivity index (χ2v) is 15.4. The molecule has 0 aliphatic heterocycles. The molecule has 1 rings (SSSR count). The van der Waals surface area contributed by atoms with Gasteiger partial charge >= 0.3 is 18.2 Å². The second kappa shape index (κ2) is 10.5. The topological polar surface area (TPSA) is 84.9 Å². The molecule has 33 heavy (non-hydrogen) atoms. The summed E-state index contributed by atoms with van der Waals surface area (Å²) in [5.41, 5.74) is -1.18. The Labute approximate surface area is 195 Å². The van der Waals surface area contributed by atoms with E-state index in [9.17, 15) is 27.9 Å². The number of carboxylic acid groups (broad SMARTS) is 1. The van der Waals surface area contributed by atoms with E-state index in [1.807, 2.05) is 33.9 Å². The van der Waals surface area contributed by atoms with Crippen molar-refractivity contribution in [1.82, 2.24) is 5.32 Å². The van der Waals surface area contributed by atoms with E-state index in [4.69, 9.17) is 9.16 Å². The van der Waals surface area contributed by atoms with Crippen LogP contribution in [0.25, 0.3) is 0 Å². The van der Waals surface area contributed by atoms with Gasteiger partial charge in [0.05, 0.1) is 17.7 Å². The molecule has 0 aliphatic carbocycles. The van der Waals surface area contributed by atoms with E-state index in [1.54, 1.807) is 20.8 Å². The summed E-state index contributed by atoms with van der Waals surface area (Å²) in [5, 5.41) is 11.7. The van der Waals surface area contributed by atoms with Crippen molar-refractivity contribution in [2.24, 2.45) is 0 Å². The lowest BCUT2D eigenvalue weighted by molar-refractivity contribution is -0.138. The van der Waals surface area contributed by atoms with Gasteiger partial charge in [-0.25, -0.2) is 4.79 Å². The zero-order chi connectivity index (χ0) is 25.8. The third kappa shape index (κ3) is 9.36. The normalized spacial score (nSPS) is 15.0. The SMILES string of the molecule is CC(C)(C)OC(=O)N[C@H](CCC(=O)O)[C@@H](O[Si](C)(C)C(C)(C)C)c1ccc(C(F)(F)F)cc1. The molecule has 0 fully saturated rings. The Kier molecular flexibility index (Phi) is 9.18. The molecule has 0 saturated carbocycles. The van der Waals surface area contributed by atoms with Crippen LogP contribution in [-0.4, -0.2) is 37.1 Å². The maximum Gasteiger partial charge on any atom is 0.416 e. The molecule has 1 aromatic rings. The lowest BCUT2D eigenvalue weighted by Gasteiger charge is -2.42. The number of rotatable bonds is 8. The number of carbonyl (C=O) groups excluding carboxylic acids is 1. The lowest BCUT2D eigenvalue weighted by Crippen LogP contribution is -2.49. The number of carbonyl (C=O) groups is 2. The minimum absolute atomic E-state index is 0.00882. The van der Waals surface area contributed by atoms with Crippen LogP contribution < -0.4 is 5.32 Å². The molecule has 0 aliphatic rings. The average molecular weight is 492 g/mol. The summed E-state index contributed by atoms with van der Waals surface area (Å²) < 4.78 is 51.1. The molecule has 0 spiro atoms. The number of benzene rings is 1. The van der Waals surface area contributed by atoms with Gasteiger partial charge in [0.25, 0.3) is 0 Å². The fourth-order valence-electron chi connectivity index (χ4n) is 2.78. The van der Waals surface area contributed by atoms with Crippen LogP contribution in [0.1, 0.15) is 71.6 Å². The molecule has 10 heteroatoms. The van der Waals surface area contributed by atoms with Crippen LogP contribution in [0, 0.1) is 0 Å². The number of ether oxygens (including phenoxy) is 1. The van der Waals surface area contributed by atoms with Crippen molar-refractivity contribution >= 4 is 20.4 Å². The van der Waals surface area contributed by atoms with Gasteiger partial charge in [-0.15, -0.1) is 0 Å². The second-order valence-electron chi connectivity index (χ2n) is 10.6. The number of hydrogen-bond donors (Lipinski definition) is 2. The van der Waals surface area contributed by atoms with Crippen molar-refractivity contribution in [3.63, 3.8) is 0 Å². The number of nitrogens with one attached hydrogen (secondary N) is 1. The molecule has 0 radical (unpaired) electrons. The first kappa shape index (κ1) is 29.0. The molecule has 0 bridgehead atoms. The first-order valence-electron chi connectivity index (χ1n) is 10.8. The van der Waals surface area contributed by atoms with Crippen molar-refractivity contribution in [2.45, 2.75) is 96.4 Å². The minimum atomic E-state index is -4.49. The first-order valence-corrected chi connectivity index (χ1v) is 13.7. The average Bonchev–Trinajstić information content (AvgIpc) is 2.60. The highest BCUT2D eigenvalue weighted by Crippen LogP contribution is 2.41. The molecule has 2 atom stereocenters. The molecule has 1 aromatic carbocycles. The molecule has 6 nitrogen and oxygen atoms in total. The van der Waals surface area contributed by atoms with Crippen LogP contribution in [-0.2, 0) is 20.1 Å². The van der Waals surface area contributed by atoms with E-state index < -0.39 is 49.9 Å². The van der Waals surface area contributed by atoms with Crippen molar-refractivity contribution in [3.8, 4) is 0 Å². The molecule has 188 valence electrons. The highest BCUT2D eigenvalue weighted by Gasteiger charge is 2.42. The summed E-state index contributed by atoms with van der Waals surface area (Å²) in [5.74, 6) is -1.07. The Bertz CT molecular complexity index is 811.